The average molecular weight is 330 g/mol. The van der Waals surface area contributed by atoms with E-state index in [4.69, 9.17) is 4.43 Å². The number of aromatic nitrogens is 2. The van der Waals surface area contributed by atoms with Gasteiger partial charge in [0.25, 0.3) is 0 Å². The number of benzene rings is 1. The molecule has 0 unspecified atom stereocenters. The molecule has 1 N–H and O–H groups in total. The van der Waals surface area contributed by atoms with Gasteiger partial charge in [-0.3, -0.25) is 4.68 Å². The molecule has 1 aromatic heterocycles. The van der Waals surface area contributed by atoms with Crippen molar-refractivity contribution in [2.45, 2.75) is 57.8 Å². The Labute approximate surface area is 140 Å². The quantitative estimate of drug-likeness (QED) is 0.752. The van der Waals surface area contributed by atoms with Gasteiger partial charge in [-0.1, -0.05) is 20.8 Å². The molecule has 2 aromatic rings. The van der Waals surface area contributed by atoms with Crippen LogP contribution in [0.2, 0.25) is 18.1 Å². The highest BCUT2D eigenvalue weighted by atomic mass is 28.4. The Bertz CT molecular complexity index is 666. The van der Waals surface area contributed by atoms with Crippen molar-refractivity contribution in [2.75, 3.05) is 5.32 Å². The minimum Gasteiger partial charge on any atom is -0.544 e. The maximum absolute atomic E-state index is 6.31. The van der Waals surface area contributed by atoms with E-state index in [-0.39, 0.29) is 5.04 Å². The Morgan fingerprint density at radius 3 is 2.35 bits per heavy atom. The zero-order valence-electron chi connectivity index (χ0n) is 14.8. The molecule has 0 radical (unpaired) electrons. The fourth-order valence-electron chi connectivity index (χ4n) is 2.16. The van der Waals surface area contributed by atoms with Crippen molar-refractivity contribution in [3.05, 3.63) is 36.7 Å². The number of rotatable bonds is 5. The number of anilines is 2. The summed E-state index contributed by atoms with van der Waals surface area (Å²) < 4.78 is 8.36. The molecule has 23 heavy (non-hydrogen) atoms. The van der Waals surface area contributed by atoms with E-state index in [0.717, 1.165) is 17.1 Å². The van der Waals surface area contributed by atoms with Gasteiger partial charge in [0.1, 0.15) is 5.75 Å². The summed E-state index contributed by atoms with van der Waals surface area (Å²) in [4.78, 5) is 0. The SMILES string of the molecule is CC(C)(C)[Si](C)(C)Oc1ccc(Nc2cnn(C3CC3)c2)cc1. The molecular formula is C18H27N3OSi. The second-order valence-corrected chi connectivity index (χ2v) is 12.7. The lowest BCUT2D eigenvalue weighted by Crippen LogP contribution is -2.43. The first-order valence-corrected chi connectivity index (χ1v) is 11.3. The zero-order chi connectivity index (χ0) is 16.7. The van der Waals surface area contributed by atoms with E-state index in [1.807, 2.05) is 18.3 Å². The minimum atomic E-state index is -1.77. The summed E-state index contributed by atoms with van der Waals surface area (Å²) in [6.07, 6.45) is 6.47. The Kier molecular flexibility index (Phi) is 4.00. The van der Waals surface area contributed by atoms with E-state index >= 15 is 0 Å². The second kappa shape index (κ2) is 5.71. The van der Waals surface area contributed by atoms with Crippen LogP contribution in [-0.2, 0) is 0 Å². The second-order valence-electron chi connectivity index (χ2n) is 7.95. The molecule has 0 saturated heterocycles. The first-order valence-electron chi connectivity index (χ1n) is 8.35. The number of hydrogen-bond donors (Lipinski definition) is 1. The summed E-state index contributed by atoms with van der Waals surface area (Å²) in [5, 5.41) is 8.01. The lowest BCUT2D eigenvalue weighted by Gasteiger charge is -2.36. The Morgan fingerprint density at radius 1 is 1.13 bits per heavy atom. The topological polar surface area (TPSA) is 39.1 Å². The number of nitrogens with zero attached hydrogens (tertiary/aromatic N) is 2. The van der Waals surface area contributed by atoms with E-state index in [1.165, 1.54) is 12.8 Å². The van der Waals surface area contributed by atoms with Crippen molar-refractivity contribution in [3.63, 3.8) is 0 Å². The number of hydrogen-bond acceptors (Lipinski definition) is 3. The smallest absolute Gasteiger partial charge is 0.250 e. The Hall–Kier alpha value is -1.75. The zero-order valence-corrected chi connectivity index (χ0v) is 15.8. The third kappa shape index (κ3) is 3.78. The first kappa shape index (κ1) is 16.1. The molecule has 0 spiro atoms. The molecule has 3 rings (SSSR count). The third-order valence-corrected chi connectivity index (χ3v) is 9.20. The van der Waals surface area contributed by atoms with E-state index in [2.05, 4.69) is 67.3 Å². The normalized spacial score (nSPS) is 15.5. The maximum atomic E-state index is 6.31. The molecule has 0 bridgehead atoms. The fourth-order valence-corrected chi connectivity index (χ4v) is 3.19. The standard InChI is InChI=1S/C18H27N3OSi/c1-18(2,3)23(4,5)22-17-10-6-14(7-11-17)20-15-12-19-21(13-15)16-8-9-16/h6-7,10-13,16,20H,8-9H2,1-5H3. The highest BCUT2D eigenvalue weighted by Gasteiger charge is 2.38. The first-order chi connectivity index (χ1) is 10.7. The summed E-state index contributed by atoms with van der Waals surface area (Å²) in [5.41, 5.74) is 2.10. The van der Waals surface area contributed by atoms with Gasteiger partial charge in [0.2, 0.25) is 8.32 Å². The van der Waals surface area contributed by atoms with Crippen LogP contribution in [0.1, 0.15) is 39.7 Å². The van der Waals surface area contributed by atoms with Gasteiger partial charge >= 0.3 is 0 Å². The van der Waals surface area contributed by atoms with Gasteiger partial charge in [0.05, 0.1) is 17.9 Å². The predicted octanol–water partition coefficient (Wildman–Crippen LogP) is 5.35. The van der Waals surface area contributed by atoms with Gasteiger partial charge in [-0.2, -0.15) is 5.10 Å². The molecule has 5 heteroatoms. The van der Waals surface area contributed by atoms with Crippen LogP contribution < -0.4 is 9.74 Å². The molecule has 0 atom stereocenters. The molecule has 1 fully saturated rings. The molecule has 1 saturated carbocycles. The van der Waals surface area contributed by atoms with E-state index in [1.54, 1.807) is 0 Å². The molecule has 0 amide bonds. The lowest BCUT2D eigenvalue weighted by molar-refractivity contribution is 0.492. The van der Waals surface area contributed by atoms with E-state index < -0.39 is 8.32 Å². The van der Waals surface area contributed by atoms with Crippen LogP contribution in [0.25, 0.3) is 0 Å². The van der Waals surface area contributed by atoms with Crippen LogP contribution in [0, 0.1) is 0 Å². The summed E-state index contributed by atoms with van der Waals surface area (Å²) >= 11 is 0. The van der Waals surface area contributed by atoms with Crippen LogP contribution in [-0.4, -0.2) is 18.1 Å². The highest BCUT2D eigenvalue weighted by molar-refractivity contribution is 6.74. The van der Waals surface area contributed by atoms with Crippen molar-refractivity contribution in [1.82, 2.24) is 9.78 Å². The summed E-state index contributed by atoms with van der Waals surface area (Å²) in [7, 11) is -1.77. The van der Waals surface area contributed by atoms with Gasteiger partial charge in [0, 0.05) is 11.9 Å². The van der Waals surface area contributed by atoms with Gasteiger partial charge in [0.15, 0.2) is 0 Å². The molecular weight excluding hydrogens is 302 g/mol. The number of nitrogens with one attached hydrogen (secondary N) is 1. The molecule has 0 aliphatic heterocycles. The fraction of sp³-hybridized carbons (Fsp3) is 0.500. The largest absolute Gasteiger partial charge is 0.544 e. The molecule has 1 aromatic carbocycles. The third-order valence-electron chi connectivity index (χ3n) is 4.84. The highest BCUT2D eigenvalue weighted by Crippen LogP contribution is 2.38. The Balaban J connectivity index is 1.64. The average Bonchev–Trinajstić information content (AvgIpc) is 3.20. The van der Waals surface area contributed by atoms with Crippen molar-refractivity contribution >= 4 is 19.7 Å². The van der Waals surface area contributed by atoms with Crippen LogP contribution >= 0.6 is 0 Å². The van der Waals surface area contributed by atoms with Crippen LogP contribution in [0.4, 0.5) is 11.4 Å². The molecule has 4 nitrogen and oxygen atoms in total. The molecule has 124 valence electrons. The maximum Gasteiger partial charge on any atom is 0.250 e. The lowest BCUT2D eigenvalue weighted by atomic mass is 10.2. The van der Waals surface area contributed by atoms with E-state index in [0.29, 0.717) is 6.04 Å². The van der Waals surface area contributed by atoms with E-state index in [9.17, 15) is 0 Å². The van der Waals surface area contributed by atoms with Crippen molar-refractivity contribution < 1.29 is 4.43 Å². The molecule has 1 aliphatic carbocycles. The van der Waals surface area contributed by atoms with Gasteiger partial charge in [-0.15, -0.1) is 0 Å². The predicted molar refractivity (Wildman–Crippen MR) is 98.0 cm³/mol. The molecule has 1 aliphatic rings. The van der Waals surface area contributed by atoms with Crippen molar-refractivity contribution in [2.24, 2.45) is 0 Å². The monoisotopic (exact) mass is 329 g/mol. The summed E-state index contributed by atoms with van der Waals surface area (Å²) in [6, 6.07) is 8.85. The van der Waals surface area contributed by atoms with Gasteiger partial charge in [-0.05, 0) is 55.2 Å². The van der Waals surface area contributed by atoms with Gasteiger partial charge < -0.3 is 9.74 Å². The van der Waals surface area contributed by atoms with Crippen molar-refractivity contribution in [1.29, 1.82) is 0 Å². The molecule has 1 heterocycles. The minimum absolute atomic E-state index is 0.210. The van der Waals surface area contributed by atoms with Crippen molar-refractivity contribution in [3.8, 4) is 5.75 Å². The van der Waals surface area contributed by atoms with Gasteiger partial charge in [-0.25, -0.2) is 0 Å². The van der Waals surface area contributed by atoms with Crippen LogP contribution in [0.3, 0.4) is 0 Å². The summed E-state index contributed by atoms with van der Waals surface area (Å²) in [6.45, 7) is 11.3. The summed E-state index contributed by atoms with van der Waals surface area (Å²) in [5.74, 6) is 0.954. The van der Waals surface area contributed by atoms with Crippen LogP contribution in [0.5, 0.6) is 5.75 Å². The Morgan fingerprint density at radius 2 is 1.78 bits per heavy atom. The van der Waals surface area contributed by atoms with Crippen LogP contribution in [0.15, 0.2) is 36.7 Å².